The maximum Gasteiger partial charge on any atom is 0.312 e. The summed E-state index contributed by atoms with van der Waals surface area (Å²) in [5.74, 6) is 1.33. The van der Waals surface area contributed by atoms with Crippen molar-refractivity contribution in [3.63, 3.8) is 0 Å². The number of ether oxygens (including phenoxy) is 1. The fourth-order valence-corrected chi connectivity index (χ4v) is 7.01. The third-order valence-electron chi connectivity index (χ3n) is 7.79. The topological polar surface area (TPSA) is 102 Å². The van der Waals surface area contributed by atoms with Gasteiger partial charge in [-0.15, -0.1) is 11.8 Å². The van der Waals surface area contributed by atoms with Gasteiger partial charge in [0.1, 0.15) is 11.5 Å². The van der Waals surface area contributed by atoms with E-state index in [4.69, 9.17) is 9.26 Å². The summed E-state index contributed by atoms with van der Waals surface area (Å²) in [7, 11) is 0. The Bertz CT molecular complexity index is 836. The van der Waals surface area contributed by atoms with Crippen LogP contribution in [0.15, 0.2) is 9.42 Å². The predicted octanol–water partition coefficient (Wildman–Crippen LogP) is 5.53. The highest BCUT2D eigenvalue weighted by molar-refractivity contribution is 8.00. The Morgan fingerprint density at radius 2 is 1.82 bits per heavy atom. The minimum Gasteiger partial charge on any atom is -0.481 e. The molecule has 0 aliphatic heterocycles. The first-order chi connectivity index (χ1) is 15.7. The Hall–Kier alpha value is -1.70. The number of hydrogen-bond acceptors (Lipinski definition) is 6. The van der Waals surface area contributed by atoms with Gasteiger partial charge in [-0.1, -0.05) is 32.1 Å². The molecule has 0 aromatic carbocycles. The number of nitrogens with one attached hydrogen (secondary N) is 1. The summed E-state index contributed by atoms with van der Waals surface area (Å²) in [5, 5.41) is 17.0. The molecule has 3 unspecified atom stereocenters. The molecule has 8 heteroatoms. The summed E-state index contributed by atoms with van der Waals surface area (Å²) < 4.78 is 11.3. The van der Waals surface area contributed by atoms with Gasteiger partial charge in [-0.2, -0.15) is 0 Å². The molecule has 0 spiro atoms. The lowest BCUT2D eigenvalue weighted by atomic mass is 9.66. The minimum absolute atomic E-state index is 0.0462. The Morgan fingerprint density at radius 3 is 2.45 bits per heavy atom. The lowest BCUT2D eigenvalue weighted by molar-refractivity contribution is -0.148. The van der Waals surface area contributed by atoms with Gasteiger partial charge in [-0.05, 0) is 75.8 Å². The zero-order valence-electron chi connectivity index (χ0n) is 20.1. The Labute approximate surface area is 200 Å². The van der Waals surface area contributed by atoms with Crippen LogP contribution in [0.3, 0.4) is 0 Å². The number of carboxylic acids is 1. The van der Waals surface area contributed by atoms with Gasteiger partial charge in [-0.25, -0.2) is 0 Å². The molecule has 3 aliphatic rings. The molecule has 4 rings (SSSR count). The van der Waals surface area contributed by atoms with E-state index in [0.717, 1.165) is 24.7 Å². The van der Waals surface area contributed by atoms with E-state index < -0.39 is 11.4 Å². The number of carbonyl (C=O) groups excluding carboxylic acids is 1. The molecule has 2 N–H and O–H groups in total. The molecule has 1 amide bonds. The second-order valence-electron chi connectivity index (χ2n) is 11.0. The fraction of sp³-hybridized carbons (Fsp3) is 0.800. The summed E-state index contributed by atoms with van der Waals surface area (Å²) in [5.41, 5.74) is -1.07. The number of fused-ring (bicyclic) bond motifs is 2. The first kappa shape index (κ1) is 24.4. The van der Waals surface area contributed by atoms with E-state index >= 15 is 0 Å². The molecule has 1 aromatic rings. The lowest BCUT2D eigenvalue weighted by Crippen LogP contribution is -2.42. The molecule has 3 saturated carbocycles. The molecule has 33 heavy (non-hydrogen) atoms. The van der Waals surface area contributed by atoms with E-state index in [-0.39, 0.29) is 30.2 Å². The van der Waals surface area contributed by atoms with Gasteiger partial charge in [0.15, 0.2) is 0 Å². The van der Waals surface area contributed by atoms with Crippen LogP contribution in [0, 0.1) is 23.2 Å². The predicted molar refractivity (Wildman–Crippen MR) is 127 cm³/mol. The number of carboxylic acid groups (broad SMARTS) is 1. The van der Waals surface area contributed by atoms with Crippen LogP contribution in [-0.4, -0.2) is 40.0 Å². The standard InChI is InChI=1S/C25H38N2O5S/c1-15(18-12-16-7-6-8-17(11-16)13-18)26-22(28)20-21(33-19-9-4-5-10-19)23(27-32-20)31-14-25(2,3)24(29)30/h15-19H,4-14H2,1-3H3,(H,26,28)(H,29,30). The molecule has 3 atom stereocenters. The second-order valence-corrected chi connectivity index (χ2v) is 12.4. The number of amides is 1. The quantitative estimate of drug-likeness (QED) is 0.481. The highest BCUT2D eigenvalue weighted by atomic mass is 32.2. The van der Waals surface area contributed by atoms with Crippen LogP contribution >= 0.6 is 11.8 Å². The van der Waals surface area contributed by atoms with Crippen molar-refractivity contribution in [2.24, 2.45) is 23.2 Å². The van der Waals surface area contributed by atoms with Crippen molar-refractivity contribution in [3.8, 4) is 5.88 Å². The van der Waals surface area contributed by atoms with Crippen molar-refractivity contribution in [1.82, 2.24) is 10.5 Å². The smallest absolute Gasteiger partial charge is 0.312 e. The van der Waals surface area contributed by atoms with Gasteiger partial charge in [-0.3, -0.25) is 9.59 Å². The van der Waals surface area contributed by atoms with E-state index in [1.807, 2.05) is 0 Å². The highest BCUT2D eigenvalue weighted by Crippen LogP contribution is 2.44. The minimum atomic E-state index is -1.07. The van der Waals surface area contributed by atoms with Crippen LogP contribution in [0.4, 0.5) is 0 Å². The first-order valence-corrected chi connectivity index (χ1v) is 13.4. The van der Waals surface area contributed by atoms with Crippen molar-refractivity contribution in [2.75, 3.05) is 6.61 Å². The van der Waals surface area contributed by atoms with Crippen molar-refractivity contribution >= 4 is 23.6 Å². The van der Waals surface area contributed by atoms with Crippen molar-refractivity contribution in [3.05, 3.63) is 5.76 Å². The average molecular weight is 479 g/mol. The maximum absolute atomic E-state index is 13.3. The summed E-state index contributed by atoms with van der Waals surface area (Å²) >= 11 is 1.59. The second kappa shape index (κ2) is 10.3. The molecular formula is C25H38N2O5S. The number of aromatic nitrogens is 1. The number of aliphatic carboxylic acids is 1. The van der Waals surface area contributed by atoms with Gasteiger partial charge in [0, 0.05) is 11.3 Å². The van der Waals surface area contributed by atoms with E-state index in [0.29, 0.717) is 16.1 Å². The third kappa shape index (κ3) is 5.87. The molecule has 3 fully saturated rings. The van der Waals surface area contributed by atoms with Crippen LogP contribution in [0.25, 0.3) is 0 Å². The molecule has 3 aliphatic carbocycles. The third-order valence-corrected chi connectivity index (χ3v) is 9.19. The summed E-state index contributed by atoms with van der Waals surface area (Å²) in [4.78, 5) is 25.3. The van der Waals surface area contributed by atoms with E-state index in [2.05, 4.69) is 17.4 Å². The average Bonchev–Trinajstić information content (AvgIpc) is 3.42. The highest BCUT2D eigenvalue weighted by Gasteiger charge is 2.36. The van der Waals surface area contributed by atoms with Gasteiger partial charge in [0.25, 0.3) is 11.8 Å². The van der Waals surface area contributed by atoms with Crippen LogP contribution < -0.4 is 10.1 Å². The van der Waals surface area contributed by atoms with E-state index in [9.17, 15) is 14.7 Å². The zero-order chi connectivity index (χ0) is 23.6. The number of carbonyl (C=O) groups is 2. The van der Waals surface area contributed by atoms with Crippen molar-refractivity contribution < 1.29 is 24.0 Å². The van der Waals surface area contributed by atoms with Gasteiger partial charge >= 0.3 is 5.97 Å². The van der Waals surface area contributed by atoms with Crippen molar-refractivity contribution in [2.45, 2.75) is 101 Å². The normalized spacial score (nSPS) is 26.7. The molecule has 184 valence electrons. The molecule has 7 nitrogen and oxygen atoms in total. The number of hydrogen-bond donors (Lipinski definition) is 2. The monoisotopic (exact) mass is 478 g/mol. The first-order valence-electron chi connectivity index (χ1n) is 12.6. The van der Waals surface area contributed by atoms with Gasteiger partial charge < -0.3 is 19.7 Å². The largest absolute Gasteiger partial charge is 0.481 e. The van der Waals surface area contributed by atoms with Gasteiger partial charge in [0.2, 0.25) is 5.76 Å². The molecule has 1 heterocycles. The summed E-state index contributed by atoms with van der Waals surface area (Å²) in [6, 6.07) is 0.0747. The van der Waals surface area contributed by atoms with Crippen LogP contribution in [-0.2, 0) is 4.79 Å². The maximum atomic E-state index is 13.3. The summed E-state index contributed by atoms with van der Waals surface area (Å²) in [6.07, 6.45) is 12.3. The van der Waals surface area contributed by atoms with Crippen molar-refractivity contribution in [1.29, 1.82) is 0 Å². The van der Waals surface area contributed by atoms with Crippen LogP contribution in [0.1, 0.15) is 95.5 Å². The van der Waals surface area contributed by atoms with E-state index in [1.165, 1.54) is 51.4 Å². The molecule has 0 saturated heterocycles. The molecular weight excluding hydrogens is 440 g/mol. The Morgan fingerprint density at radius 1 is 1.15 bits per heavy atom. The van der Waals surface area contributed by atoms with Crippen LogP contribution in [0.2, 0.25) is 0 Å². The molecule has 1 aromatic heterocycles. The van der Waals surface area contributed by atoms with Crippen LogP contribution in [0.5, 0.6) is 5.88 Å². The SMILES string of the molecule is CC(NC(=O)c1onc(OCC(C)(C)C(=O)O)c1SC1CCCC1)C1CC2CCCC(C2)C1. The lowest BCUT2D eigenvalue weighted by Gasteiger charge is -2.41. The van der Waals surface area contributed by atoms with Gasteiger partial charge in [0.05, 0.1) is 5.41 Å². The molecule has 2 bridgehead atoms. The van der Waals surface area contributed by atoms with E-state index in [1.54, 1.807) is 25.6 Å². The Balaban J connectivity index is 1.46. The number of nitrogens with zero attached hydrogens (tertiary/aromatic N) is 1. The zero-order valence-corrected chi connectivity index (χ0v) is 20.9. The number of thioether (sulfide) groups is 1. The fourth-order valence-electron chi connectivity index (χ4n) is 5.67. The Kier molecular flexibility index (Phi) is 7.61. The summed E-state index contributed by atoms with van der Waals surface area (Å²) in [6.45, 7) is 5.27. The number of rotatable bonds is 9. The molecule has 0 radical (unpaired) electrons.